The van der Waals surface area contributed by atoms with Crippen LogP contribution < -0.4 is 19.1 Å². The number of hydrogen-bond acceptors (Lipinski definition) is 5. The van der Waals surface area contributed by atoms with Crippen LogP contribution in [0.25, 0.3) is 0 Å². The van der Waals surface area contributed by atoms with Gasteiger partial charge in [0.2, 0.25) is 15.9 Å². The predicted molar refractivity (Wildman–Crippen MR) is 119 cm³/mol. The fourth-order valence-corrected chi connectivity index (χ4v) is 4.38. The molecule has 164 valence electrons. The molecule has 1 amide bonds. The summed E-state index contributed by atoms with van der Waals surface area (Å²) < 4.78 is 36.8. The molecule has 0 saturated carbocycles. The fraction of sp³-hybridized carbons (Fsp3) is 0.409. The van der Waals surface area contributed by atoms with Gasteiger partial charge in [-0.2, -0.15) is 0 Å². The number of nitrogens with one attached hydrogen (secondary N) is 1. The molecule has 0 saturated heterocycles. The van der Waals surface area contributed by atoms with Gasteiger partial charge in [0.1, 0.15) is 17.5 Å². The summed E-state index contributed by atoms with van der Waals surface area (Å²) in [6.45, 7) is 5.49. The first kappa shape index (κ1) is 23.5. The van der Waals surface area contributed by atoms with Gasteiger partial charge in [-0.1, -0.05) is 31.2 Å². The Balaban J connectivity index is 2.33. The fourth-order valence-electron chi connectivity index (χ4n) is 3.21. The van der Waals surface area contributed by atoms with Gasteiger partial charge in [-0.25, -0.2) is 8.42 Å². The highest BCUT2D eigenvalue weighted by Crippen LogP contribution is 2.35. The Kier molecular flexibility index (Phi) is 7.72. The number of nitrogens with zero attached hydrogens (tertiary/aromatic N) is 1. The zero-order valence-electron chi connectivity index (χ0n) is 18.3. The number of amides is 1. The van der Waals surface area contributed by atoms with Crippen LogP contribution in [0.15, 0.2) is 42.5 Å². The first-order chi connectivity index (χ1) is 14.1. The number of carbonyl (C=O) groups excluding carboxylic acids is 1. The normalized spacial score (nSPS) is 13.3. The van der Waals surface area contributed by atoms with Crippen molar-refractivity contribution in [2.45, 2.75) is 39.3 Å². The summed E-state index contributed by atoms with van der Waals surface area (Å²) >= 11 is 0. The molecular weight excluding hydrogens is 404 g/mol. The highest BCUT2D eigenvalue weighted by molar-refractivity contribution is 7.92. The van der Waals surface area contributed by atoms with E-state index in [-0.39, 0.29) is 11.7 Å². The summed E-state index contributed by atoms with van der Waals surface area (Å²) in [5.74, 6) is 0.359. The Morgan fingerprint density at radius 3 is 2.20 bits per heavy atom. The van der Waals surface area contributed by atoms with Crippen molar-refractivity contribution < 1.29 is 22.7 Å². The van der Waals surface area contributed by atoms with Crippen molar-refractivity contribution in [3.05, 3.63) is 53.6 Å². The topological polar surface area (TPSA) is 84.9 Å². The van der Waals surface area contributed by atoms with E-state index in [0.717, 1.165) is 22.5 Å². The van der Waals surface area contributed by atoms with Gasteiger partial charge >= 0.3 is 0 Å². The number of anilines is 1. The van der Waals surface area contributed by atoms with Gasteiger partial charge in [0.05, 0.1) is 32.2 Å². The maximum absolute atomic E-state index is 13.0. The van der Waals surface area contributed by atoms with Crippen molar-refractivity contribution in [3.63, 3.8) is 0 Å². The van der Waals surface area contributed by atoms with Crippen LogP contribution in [0.4, 0.5) is 5.69 Å². The molecule has 0 aliphatic heterocycles. The van der Waals surface area contributed by atoms with E-state index in [9.17, 15) is 13.2 Å². The molecule has 0 unspecified atom stereocenters. The van der Waals surface area contributed by atoms with E-state index in [4.69, 9.17) is 9.47 Å². The number of methoxy groups -OCH3 is 2. The van der Waals surface area contributed by atoms with E-state index in [2.05, 4.69) is 12.2 Å². The van der Waals surface area contributed by atoms with Crippen molar-refractivity contribution in [3.8, 4) is 11.5 Å². The summed E-state index contributed by atoms with van der Waals surface area (Å²) in [5, 5.41) is 2.90. The minimum atomic E-state index is -3.79. The van der Waals surface area contributed by atoms with Crippen LogP contribution in [0.1, 0.15) is 37.9 Å². The minimum absolute atomic E-state index is 0.238. The van der Waals surface area contributed by atoms with Gasteiger partial charge in [0.25, 0.3) is 0 Å². The van der Waals surface area contributed by atoms with Crippen molar-refractivity contribution >= 4 is 21.6 Å². The number of benzene rings is 2. The molecule has 2 aromatic carbocycles. The molecule has 2 atom stereocenters. The summed E-state index contributed by atoms with van der Waals surface area (Å²) in [5.41, 5.74) is 2.39. The monoisotopic (exact) mass is 434 g/mol. The molecule has 0 fully saturated rings. The largest absolute Gasteiger partial charge is 0.497 e. The summed E-state index contributed by atoms with van der Waals surface area (Å²) in [6, 6.07) is 11.5. The molecule has 0 radical (unpaired) electrons. The highest BCUT2D eigenvalue weighted by atomic mass is 32.2. The molecule has 8 heteroatoms. The third kappa shape index (κ3) is 5.44. The minimum Gasteiger partial charge on any atom is -0.497 e. The van der Waals surface area contributed by atoms with Crippen LogP contribution in [0, 0.1) is 0 Å². The molecule has 0 spiro atoms. The lowest BCUT2D eigenvalue weighted by molar-refractivity contribution is -0.122. The lowest BCUT2D eigenvalue weighted by Gasteiger charge is -2.30. The Morgan fingerprint density at radius 2 is 1.70 bits per heavy atom. The second-order valence-electron chi connectivity index (χ2n) is 7.10. The number of hydrogen-bond donors (Lipinski definition) is 1. The van der Waals surface area contributed by atoms with Crippen LogP contribution in [-0.4, -0.2) is 40.8 Å². The molecule has 0 aliphatic rings. The van der Waals surface area contributed by atoms with Gasteiger partial charge in [-0.15, -0.1) is 0 Å². The van der Waals surface area contributed by atoms with E-state index in [1.165, 1.54) is 25.8 Å². The summed E-state index contributed by atoms with van der Waals surface area (Å²) in [4.78, 5) is 13.0. The van der Waals surface area contributed by atoms with Crippen molar-refractivity contribution in [2.24, 2.45) is 0 Å². The van der Waals surface area contributed by atoms with Crippen molar-refractivity contribution in [2.75, 3.05) is 24.8 Å². The molecule has 0 heterocycles. The van der Waals surface area contributed by atoms with Crippen molar-refractivity contribution in [1.29, 1.82) is 0 Å². The average Bonchev–Trinajstić information content (AvgIpc) is 2.72. The van der Waals surface area contributed by atoms with Gasteiger partial charge in [-0.05, 0) is 43.5 Å². The molecule has 2 rings (SSSR count). The Labute approximate surface area is 179 Å². The van der Waals surface area contributed by atoms with E-state index in [0.29, 0.717) is 11.5 Å². The molecule has 2 aromatic rings. The first-order valence-electron chi connectivity index (χ1n) is 9.73. The second-order valence-corrected chi connectivity index (χ2v) is 8.96. The lowest BCUT2D eigenvalue weighted by Crippen LogP contribution is -2.48. The van der Waals surface area contributed by atoms with E-state index in [1.54, 1.807) is 19.1 Å². The third-order valence-electron chi connectivity index (χ3n) is 4.96. The number of rotatable bonds is 9. The Morgan fingerprint density at radius 1 is 1.07 bits per heavy atom. The van der Waals surface area contributed by atoms with Crippen molar-refractivity contribution in [1.82, 2.24) is 5.32 Å². The molecule has 0 bridgehead atoms. The van der Waals surface area contributed by atoms with Crippen LogP contribution in [-0.2, 0) is 21.2 Å². The average molecular weight is 435 g/mol. The maximum Gasteiger partial charge on any atom is 0.244 e. The van der Waals surface area contributed by atoms with Crippen LogP contribution >= 0.6 is 0 Å². The molecule has 7 nitrogen and oxygen atoms in total. The number of sulfonamides is 1. The smallest absolute Gasteiger partial charge is 0.244 e. The number of carbonyl (C=O) groups is 1. The van der Waals surface area contributed by atoms with Crippen LogP contribution in [0.3, 0.4) is 0 Å². The van der Waals surface area contributed by atoms with Gasteiger partial charge in [0.15, 0.2) is 0 Å². The SMILES string of the molecule is CCc1ccc([C@H](C)NC(=O)[C@H](C)N(c2cc(OC)ccc2OC)S(C)(=O)=O)cc1. The molecule has 1 N–H and O–H groups in total. The predicted octanol–water partition coefficient (Wildman–Crippen LogP) is 3.30. The summed E-state index contributed by atoms with van der Waals surface area (Å²) in [6.07, 6.45) is 1.99. The standard InChI is InChI=1S/C22H30N2O5S/c1-7-17-8-10-18(11-9-17)15(2)23-22(25)16(3)24(30(6,26)27)20-14-19(28-4)12-13-21(20)29-5/h8-16H,7H2,1-6H3,(H,23,25)/t15-,16-/m0/s1. The second kappa shape index (κ2) is 9.84. The number of aryl methyl sites for hydroxylation is 1. The van der Waals surface area contributed by atoms with Gasteiger partial charge in [-0.3, -0.25) is 9.10 Å². The first-order valence-corrected chi connectivity index (χ1v) is 11.6. The number of ether oxygens (including phenoxy) is 2. The Hall–Kier alpha value is -2.74. The maximum atomic E-state index is 13.0. The van der Waals surface area contributed by atoms with Crippen LogP contribution in [0.2, 0.25) is 0 Å². The van der Waals surface area contributed by atoms with Crippen LogP contribution in [0.5, 0.6) is 11.5 Å². The zero-order valence-corrected chi connectivity index (χ0v) is 19.1. The quantitative estimate of drug-likeness (QED) is 0.655. The van der Waals surface area contributed by atoms with Gasteiger partial charge in [0, 0.05) is 6.07 Å². The lowest BCUT2D eigenvalue weighted by atomic mass is 10.0. The van der Waals surface area contributed by atoms with Gasteiger partial charge < -0.3 is 14.8 Å². The molecule has 0 aliphatic carbocycles. The zero-order chi connectivity index (χ0) is 22.5. The highest BCUT2D eigenvalue weighted by Gasteiger charge is 2.32. The Bertz CT molecular complexity index is 974. The summed E-state index contributed by atoms with van der Waals surface area (Å²) in [7, 11) is -0.865. The van der Waals surface area contributed by atoms with E-state index >= 15 is 0 Å². The van der Waals surface area contributed by atoms with E-state index < -0.39 is 22.0 Å². The molecular formula is C22H30N2O5S. The molecule has 0 aromatic heterocycles. The van der Waals surface area contributed by atoms with E-state index in [1.807, 2.05) is 31.2 Å². The third-order valence-corrected chi connectivity index (χ3v) is 6.19. The molecule has 30 heavy (non-hydrogen) atoms.